The summed E-state index contributed by atoms with van der Waals surface area (Å²) in [5.74, 6) is 6.24. The molecule has 0 saturated heterocycles. The minimum absolute atomic E-state index is 0.875. The van der Waals surface area contributed by atoms with E-state index in [1.165, 1.54) is 25.7 Å². The first-order valence-electron chi connectivity index (χ1n) is 4.38. The molecule has 0 aromatic heterocycles. The molecule has 1 fully saturated rings. The molecule has 1 saturated carbocycles. The number of hydrogen-bond donors (Lipinski definition) is 1. The first kappa shape index (κ1) is 10.5. The van der Waals surface area contributed by atoms with Gasteiger partial charge in [-0.3, -0.25) is 0 Å². The number of nitrogens with two attached hydrogens (primary N) is 1. The van der Waals surface area contributed by atoms with Crippen LogP contribution in [0, 0.1) is 17.8 Å². The van der Waals surface area contributed by atoms with Gasteiger partial charge in [-0.1, -0.05) is 12.8 Å². The quantitative estimate of drug-likeness (QED) is 0.574. The Morgan fingerprint density at radius 2 is 1.64 bits per heavy atom. The summed E-state index contributed by atoms with van der Waals surface area (Å²) in [6.45, 7) is 4.56. The summed E-state index contributed by atoms with van der Waals surface area (Å²) in [5.41, 5.74) is 5.43. The van der Waals surface area contributed by atoms with E-state index in [2.05, 4.69) is 11.8 Å². The van der Waals surface area contributed by atoms with E-state index in [1.807, 2.05) is 13.8 Å². The van der Waals surface area contributed by atoms with Gasteiger partial charge >= 0.3 is 0 Å². The van der Waals surface area contributed by atoms with Gasteiger partial charge in [-0.2, -0.15) is 0 Å². The highest BCUT2D eigenvalue weighted by atomic mass is 14.5. The van der Waals surface area contributed by atoms with Gasteiger partial charge < -0.3 is 5.73 Å². The lowest BCUT2D eigenvalue weighted by Crippen LogP contribution is -2.09. The molecule has 0 amide bonds. The fourth-order valence-corrected chi connectivity index (χ4v) is 1.25. The monoisotopic (exact) mass is 153 g/mol. The van der Waals surface area contributed by atoms with Crippen LogP contribution in [0.2, 0.25) is 0 Å². The Hall–Kier alpha value is -0.480. The van der Waals surface area contributed by atoms with Crippen molar-refractivity contribution in [2.75, 3.05) is 6.54 Å². The second-order valence-electron chi connectivity index (χ2n) is 2.89. The van der Waals surface area contributed by atoms with Crippen molar-refractivity contribution in [1.82, 2.24) is 0 Å². The van der Waals surface area contributed by atoms with Gasteiger partial charge in [0.05, 0.1) is 0 Å². The fraction of sp³-hybridized carbons (Fsp3) is 0.800. The average molecular weight is 153 g/mol. The van der Waals surface area contributed by atoms with Crippen LogP contribution in [0.3, 0.4) is 0 Å². The fourth-order valence-electron chi connectivity index (χ4n) is 1.25. The van der Waals surface area contributed by atoms with Gasteiger partial charge in [-0.25, -0.2) is 0 Å². The Kier molecular flexibility index (Phi) is 7.29. The summed E-state index contributed by atoms with van der Waals surface area (Å²) in [5, 5.41) is 0. The predicted octanol–water partition coefficient (Wildman–Crippen LogP) is 2.16. The maximum absolute atomic E-state index is 5.43. The van der Waals surface area contributed by atoms with Crippen molar-refractivity contribution < 1.29 is 0 Å². The van der Waals surface area contributed by atoms with E-state index in [-0.39, 0.29) is 0 Å². The summed E-state index contributed by atoms with van der Waals surface area (Å²) in [4.78, 5) is 0. The first-order chi connectivity index (χ1) is 5.35. The zero-order chi connectivity index (χ0) is 8.53. The summed E-state index contributed by atoms with van der Waals surface area (Å²) in [6, 6.07) is 0. The van der Waals surface area contributed by atoms with E-state index in [1.54, 1.807) is 0 Å². The molecule has 1 heteroatoms. The van der Waals surface area contributed by atoms with Gasteiger partial charge in [-0.05, 0) is 39.2 Å². The molecule has 2 N–H and O–H groups in total. The Morgan fingerprint density at radius 3 is 1.82 bits per heavy atom. The number of hydrogen-bond acceptors (Lipinski definition) is 1. The zero-order valence-electron chi connectivity index (χ0n) is 7.69. The van der Waals surface area contributed by atoms with E-state index in [0.717, 1.165) is 12.5 Å². The SMILES string of the molecule is CC#CC.NCC1CCCC1. The van der Waals surface area contributed by atoms with Crippen LogP contribution in [0.4, 0.5) is 0 Å². The third-order valence-corrected chi connectivity index (χ3v) is 2.06. The minimum Gasteiger partial charge on any atom is -0.330 e. The molecule has 0 unspecified atom stereocenters. The molecule has 11 heavy (non-hydrogen) atoms. The molecule has 0 aliphatic heterocycles. The topological polar surface area (TPSA) is 26.0 Å². The molecule has 0 heterocycles. The minimum atomic E-state index is 0.875. The van der Waals surface area contributed by atoms with Gasteiger partial charge in [0, 0.05) is 0 Å². The van der Waals surface area contributed by atoms with Crippen LogP contribution in [-0.4, -0.2) is 6.54 Å². The van der Waals surface area contributed by atoms with Crippen LogP contribution in [0.5, 0.6) is 0 Å². The molecular weight excluding hydrogens is 134 g/mol. The highest BCUT2D eigenvalue weighted by Gasteiger charge is 2.11. The molecule has 0 bridgehead atoms. The Morgan fingerprint density at radius 1 is 1.18 bits per heavy atom. The predicted molar refractivity (Wildman–Crippen MR) is 50.1 cm³/mol. The molecule has 0 aromatic rings. The third kappa shape index (κ3) is 5.94. The largest absolute Gasteiger partial charge is 0.330 e. The van der Waals surface area contributed by atoms with Crippen LogP contribution in [0.25, 0.3) is 0 Å². The van der Waals surface area contributed by atoms with E-state index in [4.69, 9.17) is 5.73 Å². The van der Waals surface area contributed by atoms with Gasteiger partial charge in [-0.15, -0.1) is 11.8 Å². The molecular formula is C10H19N. The molecule has 1 aliphatic rings. The second kappa shape index (κ2) is 7.63. The molecule has 0 atom stereocenters. The van der Waals surface area contributed by atoms with Crippen LogP contribution in [-0.2, 0) is 0 Å². The molecule has 64 valence electrons. The molecule has 1 rings (SSSR count). The van der Waals surface area contributed by atoms with Crippen LogP contribution >= 0.6 is 0 Å². The Balaban J connectivity index is 0.000000218. The normalized spacial score (nSPS) is 16.3. The second-order valence-corrected chi connectivity index (χ2v) is 2.89. The van der Waals surface area contributed by atoms with Crippen molar-refractivity contribution in [3.63, 3.8) is 0 Å². The van der Waals surface area contributed by atoms with Gasteiger partial charge in [0.25, 0.3) is 0 Å². The van der Waals surface area contributed by atoms with Crippen molar-refractivity contribution in [2.45, 2.75) is 39.5 Å². The molecule has 0 spiro atoms. The molecule has 1 nitrogen and oxygen atoms in total. The van der Waals surface area contributed by atoms with E-state index < -0.39 is 0 Å². The van der Waals surface area contributed by atoms with Crippen LogP contribution in [0.15, 0.2) is 0 Å². The van der Waals surface area contributed by atoms with Gasteiger partial charge in [0.15, 0.2) is 0 Å². The summed E-state index contributed by atoms with van der Waals surface area (Å²) >= 11 is 0. The van der Waals surface area contributed by atoms with E-state index in [9.17, 15) is 0 Å². The van der Waals surface area contributed by atoms with Crippen molar-refractivity contribution in [1.29, 1.82) is 0 Å². The maximum atomic E-state index is 5.43. The highest BCUT2D eigenvalue weighted by Crippen LogP contribution is 2.22. The zero-order valence-corrected chi connectivity index (χ0v) is 7.69. The summed E-state index contributed by atoms with van der Waals surface area (Å²) in [6.07, 6.45) is 5.61. The lowest BCUT2D eigenvalue weighted by molar-refractivity contribution is 0.562. The summed E-state index contributed by atoms with van der Waals surface area (Å²) in [7, 11) is 0. The molecule has 1 aliphatic carbocycles. The average Bonchev–Trinajstić information content (AvgIpc) is 2.56. The smallest absolute Gasteiger partial charge is 0.00271 e. The molecule has 0 aromatic carbocycles. The lowest BCUT2D eigenvalue weighted by atomic mass is 10.1. The van der Waals surface area contributed by atoms with Crippen LogP contribution in [0.1, 0.15) is 39.5 Å². The lowest BCUT2D eigenvalue weighted by Gasteiger charge is -1.99. The molecule has 0 radical (unpaired) electrons. The van der Waals surface area contributed by atoms with Crippen LogP contribution < -0.4 is 5.73 Å². The first-order valence-corrected chi connectivity index (χ1v) is 4.38. The Bertz CT molecular complexity index is 118. The third-order valence-electron chi connectivity index (χ3n) is 2.06. The van der Waals surface area contributed by atoms with Crippen molar-refractivity contribution >= 4 is 0 Å². The standard InChI is InChI=1S/C6H13N.C4H6/c7-5-6-3-1-2-4-6;1-3-4-2/h6H,1-5,7H2;1-2H3. The van der Waals surface area contributed by atoms with Gasteiger partial charge in [0.1, 0.15) is 0 Å². The highest BCUT2D eigenvalue weighted by molar-refractivity contribution is 4.89. The number of rotatable bonds is 1. The summed E-state index contributed by atoms with van der Waals surface area (Å²) < 4.78 is 0. The van der Waals surface area contributed by atoms with Crippen molar-refractivity contribution in [3.05, 3.63) is 0 Å². The van der Waals surface area contributed by atoms with Crippen molar-refractivity contribution in [2.24, 2.45) is 11.7 Å². The Labute approximate surface area is 70.4 Å². The van der Waals surface area contributed by atoms with Crippen molar-refractivity contribution in [3.8, 4) is 11.8 Å². The van der Waals surface area contributed by atoms with E-state index >= 15 is 0 Å². The van der Waals surface area contributed by atoms with E-state index in [0.29, 0.717) is 0 Å². The maximum Gasteiger partial charge on any atom is -0.00271 e. The van der Waals surface area contributed by atoms with Gasteiger partial charge in [0.2, 0.25) is 0 Å².